The summed E-state index contributed by atoms with van der Waals surface area (Å²) in [4.78, 5) is 22.2. The lowest BCUT2D eigenvalue weighted by Gasteiger charge is -2.36. The van der Waals surface area contributed by atoms with Crippen molar-refractivity contribution in [2.75, 3.05) is 32.8 Å². The number of aliphatic hydroxyl groups excluding tert-OH is 2. The predicted molar refractivity (Wildman–Crippen MR) is 119 cm³/mol. The lowest BCUT2D eigenvalue weighted by Crippen LogP contribution is -2.42. The molecule has 180 valence electrons. The van der Waals surface area contributed by atoms with Crippen LogP contribution in [0.1, 0.15) is 24.8 Å². The molecule has 0 aliphatic carbocycles. The van der Waals surface area contributed by atoms with Crippen LogP contribution in [0.3, 0.4) is 0 Å². The molecule has 2 aliphatic heterocycles. The minimum absolute atomic E-state index is 0.598. The van der Waals surface area contributed by atoms with Gasteiger partial charge in [-0.2, -0.15) is 0 Å². The molecule has 1 aromatic carbocycles. The Kier molecular flexibility index (Phi) is 11.1. The van der Waals surface area contributed by atoms with Crippen LogP contribution in [0.25, 0.3) is 0 Å². The minimum Gasteiger partial charge on any atom is -0.479 e. The number of aliphatic hydroxyl groups is 2. The fourth-order valence-corrected chi connectivity index (χ4v) is 4.20. The van der Waals surface area contributed by atoms with Crippen molar-refractivity contribution in [2.45, 2.75) is 44.1 Å². The summed E-state index contributed by atoms with van der Waals surface area (Å²) in [6.45, 7) is 6.06. The third kappa shape index (κ3) is 8.47. The highest BCUT2D eigenvalue weighted by Gasteiger charge is 2.29. The summed E-state index contributed by atoms with van der Waals surface area (Å²) < 4.78 is 5.53. The Balaban J connectivity index is 0.000000309. The molecular weight excluding hydrogens is 463 g/mol. The van der Waals surface area contributed by atoms with E-state index in [0.717, 1.165) is 63.2 Å². The fraction of sp³-hybridized carbons (Fsp3) is 0.619. The highest BCUT2D eigenvalue weighted by atomic mass is 35.5. The van der Waals surface area contributed by atoms with Gasteiger partial charge >= 0.3 is 11.9 Å². The van der Waals surface area contributed by atoms with E-state index in [1.807, 2.05) is 12.1 Å². The first kappa shape index (κ1) is 26.8. The average Bonchev–Trinajstić information content (AvgIpc) is 3.28. The molecule has 0 saturated carbocycles. The van der Waals surface area contributed by atoms with Crippen molar-refractivity contribution in [1.29, 1.82) is 0 Å². The van der Waals surface area contributed by atoms with E-state index in [1.165, 1.54) is 12.0 Å². The number of nitrogens with one attached hydrogen (secondary N) is 1. The van der Waals surface area contributed by atoms with Crippen molar-refractivity contribution in [2.24, 2.45) is 5.92 Å². The Labute approximate surface area is 196 Å². The molecule has 2 unspecified atom stereocenters. The van der Waals surface area contributed by atoms with E-state index in [1.54, 1.807) is 0 Å². The number of hydrogen-bond donors (Lipinski definition) is 5. The molecule has 0 spiro atoms. The van der Waals surface area contributed by atoms with Gasteiger partial charge in [-0.15, -0.1) is 0 Å². The Morgan fingerprint density at radius 1 is 1.09 bits per heavy atom. The second-order valence-corrected chi connectivity index (χ2v) is 8.78. The van der Waals surface area contributed by atoms with Gasteiger partial charge in [-0.25, -0.2) is 9.59 Å². The third-order valence-corrected chi connectivity index (χ3v) is 6.14. The molecule has 0 radical (unpaired) electrons. The second kappa shape index (κ2) is 13.3. The van der Waals surface area contributed by atoms with Gasteiger partial charge in [-0.3, -0.25) is 4.90 Å². The van der Waals surface area contributed by atoms with Crippen LogP contribution in [0.15, 0.2) is 18.2 Å². The molecule has 1 aromatic rings. The van der Waals surface area contributed by atoms with E-state index in [9.17, 15) is 9.59 Å². The topological polar surface area (TPSA) is 140 Å². The Morgan fingerprint density at radius 2 is 1.72 bits per heavy atom. The summed E-state index contributed by atoms with van der Waals surface area (Å²) in [5, 5.41) is 37.5. The van der Waals surface area contributed by atoms with Crippen LogP contribution in [-0.2, 0) is 20.9 Å². The molecule has 11 heteroatoms. The zero-order valence-corrected chi connectivity index (χ0v) is 19.1. The van der Waals surface area contributed by atoms with Gasteiger partial charge in [0.2, 0.25) is 0 Å². The van der Waals surface area contributed by atoms with E-state index in [-0.39, 0.29) is 0 Å². The van der Waals surface area contributed by atoms with Gasteiger partial charge in [0.05, 0.1) is 0 Å². The van der Waals surface area contributed by atoms with Gasteiger partial charge in [-0.1, -0.05) is 29.3 Å². The third-order valence-electron chi connectivity index (χ3n) is 5.56. The normalized spacial score (nSPS) is 21.0. The smallest absolute Gasteiger partial charge is 0.335 e. The minimum atomic E-state index is -2.27. The number of carbonyl (C=O) groups is 2. The number of hydrogen-bond acceptors (Lipinski definition) is 7. The van der Waals surface area contributed by atoms with Crippen LogP contribution >= 0.6 is 23.2 Å². The summed E-state index contributed by atoms with van der Waals surface area (Å²) >= 11 is 12.4. The van der Waals surface area contributed by atoms with Crippen LogP contribution in [0.2, 0.25) is 10.0 Å². The summed E-state index contributed by atoms with van der Waals surface area (Å²) in [6, 6.07) is 6.44. The van der Waals surface area contributed by atoms with Crippen molar-refractivity contribution >= 4 is 35.1 Å². The van der Waals surface area contributed by atoms with E-state index >= 15 is 0 Å². The maximum absolute atomic E-state index is 9.77. The zero-order chi connectivity index (χ0) is 23.7. The lowest BCUT2D eigenvalue weighted by molar-refractivity contribution is -0.165. The van der Waals surface area contributed by atoms with Gasteiger partial charge in [0.1, 0.15) is 0 Å². The maximum atomic E-state index is 9.77. The van der Waals surface area contributed by atoms with Gasteiger partial charge in [0.15, 0.2) is 12.2 Å². The molecule has 3 atom stereocenters. The van der Waals surface area contributed by atoms with Gasteiger partial charge < -0.3 is 30.5 Å². The van der Waals surface area contributed by atoms with Crippen LogP contribution in [0.4, 0.5) is 0 Å². The largest absolute Gasteiger partial charge is 0.479 e. The van der Waals surface area contributed by atoms with Crippen molar-refractivity contribution in [3.63, 3.8) is 0 Å². The number of carboxylic acid groups (broad SMARTS) is 2. The van der Waals surface area contributed by atoms with Crippen molar-refractivity contribution < 1.29 is 34.8 Å². The molecule has 3 rings (SSSR count). The van der Waals surface area contributed by atoms with Crippen molar-refractivity contribution in [3.05, 3.63) is 33.8 Å². The number of halogens is 2. The number of benzene rings is 1. The molecule has 5 N–H and O–H groups in total. The first-order valence-electron chi connectivity index (χ1n) is 10.5. The second-order valence-electron chi connectivity index (χ2n) is 7.93. The van der Waals surface area contributed by atoms with E-state index in [4.69, 9.17) is 48.4 Å². The molecule has 2 saturated heterocycles. The summed E-state index contributed by atoms with van der Waals surface area (Å²) in [7, 11) is 0. The Bertz CT molecular complexity index is 738. The van der Waals surface area contributed by atoms with Crippen LogP contribution in [-0.4, -0.2) is 88.4 Å². The first-order chi connectivity index (χ1) is 15.2. The van der Waals surface area contributed by atoms with Crippen molar-refractivity contribution in [1.82, 2.24) is 10.2 Å². The predicted octanol–water partition coefficient (Wildman–Crippen LogP) is 1.46. The summed E-state index contributed by atoms with van der Waals surface area (Å²) in [6.07, 6.45) is -1.03. The Morgan fingerprint density at radius 3 is 2.22 bits per heavy atom. The number of aliphatic carboxylic acids is 2. The number of nitrogens with zero attached hydrogens (tertiary/aromatic N) is 1. The number of rotatable bonds is 8. The molecule has 2 fully saturated rings. The zero-order valence-electron chi connectivity index (χ0n) is 17.6. The van der Waals surface area contributed by atoms with Crippen LogP contribution < -0.4 is 5.32 Å². The van der Waals surface area contributed by atoms with Crippen LogP contribution in [0.5, 0.6) is 0 Å². The highest BCUT2D eigenvalue weighted by molar-refractivity contribution is 6.35. The highest BCUT2D eigenvalue weighted by Crippen LogP contribution is 2.26. The van der Waals surface area contributed by atoms with E-state index in [0.29, 0.717) is 11.1 Å². The first-order valence-corrected chi connectivity index (χ1v) is 11.2. The monoisotopic (exact) mass is 492 g/mol. The van der Waals surface area contributed by atoms with Crippen molar-refractivity contribution in [3.8, 4) is 0 Å². The molecule has 0 bridgehead atoms. The van der Waals surface area contributed by atoms with Gasteiger partial charge in [0.25, 0.3) is 0 Å². The molecule has 0 amide bonds. The Hall–Kier alpha value is -1.46. The molecule has 9 nitrogen and oxygen atoms in total. The SMILES string of the molecule is Clc1ccc(CN(C[C@H]2CCNC2)C2CCOCC2)c(Cl)c1.O=C(O)C(O)C(O)C(=O)O. The number of carboxylic acids is 2. The average molecular weight is 493 g/mol. The van der Waals surface area contributed by atoms with Gasteiger partial charge in [-0.05, 0) is 56.0 Å². The van der Waals surface area contributed by atoms with E-state index in [2.05, 4.69) is 16.3 Å². The molecule has 32 heavy (non-hydrogen) atoms. The molecule has 0 aromatic heterocycles. The molecule has 2 aliphatic rings. The fourth-order valence-electron chi connectivity index (χ4n) is 3.73. The van der Waals surface area contributed by atoms with E-state index < -0.39 is 24.1 Å². The van der Waals surface area contributed by atoms with Crippen LogP contribution in [0, 0.1) is 5.92 Å². The number of ether oxygens (including phenoxy) is 1. The maximum Gasteiger partial charge on any atom is 0.335 e. The molecular formula is C21H30Cl2N2O7. The molecule has 2 heterocycles. The van der Waals surface area contributed by atoms with Gasteiger partial charge in [0, 0.05) is 42.4 Å². The summed E-state index contributed by atoms with van der Waals surface area (Å²) in [5.41, 5.74) is 1.17. The quantitative estimate of drug-likeness (QED) is 0.364. The summed E-state index contributed by atoms with van der Waals surface area (Å²) in [5.74, 6) is -2.79. The lowest BCUT2D eigenvalue weighted by atomic mass is 10.0. The standard InChI is InChI=1S/C17H24Cl2N2O.C4H6O6/c18-15-2-1-14(17(19)9-15)12-21(11-13-3-6-20-10-13)16-4-7-22-8-5-16;5-1(3(7)8)2(6)4(9)10/h1-2,9,13,16,20H,3-8,10-12H2;1-2,5-6H,(H,7,8)(H,9,10)/t13-;/m0./s1.